The van der Waals surface area contributed by atoms with Crippen LogP contribution >= 0.6 is 0 Å². The van der Waals surface area contributed by atoms with Crippen LogP contribution in [0.15, 0.2) is 48.7 Å². The molecule has 0 spiro atoms. The van der Waals surface area contributed by atoms with E-state index >= 15 is 0 Å². The van der Waals surface area contributed by atoms with E-state index in [2.05, 4.69) is 15.8 Å². The molecule has 128 valence electrons. The van der Waals surface area contributed by atoms with Crippen LogP contribution in [0.3, 0.4) is 0 Å². The summed E-state index contributed by atoms with van der Waals surface area (Å²) in [6.07, 6.45) is 1.64. The fourth-order valence-corrected chi connectivity index (χ4v) is 2.36. The van der Waals surface area contributed by atoms with Crippen LogP contribution in [0.2, 0.25) is 0 Å². The molecule has 8 nitrogen and oxygen atoms in total. The zero-order chi connectivity index (χ0) is 17.6. The Morgan fingerprint density at radius 1 is 1.12 bits per heavy atom. The molecule has 1 aliphatic heterocycles. The lowest BCUT2D eigenvalue weighted by Gasteiger charge is -2.21. The van der Waals surface area contributed by atoms with Gasteiger partial charge in [-0.1, -0.05) is 18.2 Å². The van der Waals surface area contributed by atoms with Crippen molar-refractivity contribution in [2.45, 2.75) is 6.42 Å². The molecule has 0 saturated carbocycles. The van der Waals surface area contributed by atoms with Gasteiger partial charge in [-0.2, -0.15) is 0 Å². The third-order valence-corrected chi connectivity index (χ3v) is 3.55. The van der Waals surface area contributed by atoms with Crippen LogP contribution in [-0.4, -0.2) is 35.9 Å². The molecule has 0 radical (unpaired) electrons. The molecule has 3 amide bonds. The Labute approximate surface area is 143 Å². The molecule has 0 saturated heterocycles. The maximum absolute atomic E-state index is 12.2. The zero-order valence-electron chi connectivity index (χ0n) is 13.3. The van der Waals surface area contributed by atoms with Crippen molar-refractivity contribution in [2.24, 2.45) is 0 Å². The van der Waals surface area contributed by atoms with Crippen molar-refractivity contribution in [3.05, 3.63) is 54.4 Å². The lowest BCUT2D eigenvalue weighted by atomic mass is 10.2. The highest BCUT2D eigenvalue weighted by molar-refractivity contribution is 6.01. The average Bonchev–Trinajstić information content (AvgIpc) is 2.80. The molecule has 25 heavy (non-hydrogen) atoms. The van der Waals surface area contributed by atoms with Crippen molar-refractivity contribution in [2.75, 3.05) is 18.1 Å². The number of hydrazine groups is 1. The number of benzene rings is 1. The standard InChI is InChI=1S/C17H16N4O4/c22-15(19-20-17(24)12-5-3-4-9-18-12)11-21-13-6-1-2-7-14(13)25-10-8-16(21)23/h1-7,9H,8,10-11H2,(H,19,22)(H,20,24). The van der Waals surface area contributed by atoms with Crippen LogP contribution in [0.4, 0.5) is 5.69 Å². The van der Waals surface area contributed by atoms with Crippen LogP contribution in [0.5, 0.6) is 5.75 Å². The number of aromatic nitrogens is 1. The lowest BCUT2D eigenvalue weighted by molar-refractivity contribution is -0.124. The molecule has 0 atom stereocenters. The van der Waals surface area contributed by atoms with Crippen molar-refractivity contribution in [1.82, 2.24) is 15.8 Å². The topological polar surface area (TPSA) is 101 Å². The fourth-order valence-electron chi connectivity index (χ4n) is 2.36. The second-order valence-electron chi connectivity index (χ2n) is 5.26. The predicted molar refractivity (Wildman–Crippen MR) is 88.8 cm³/mol. The smallest absolute Gasteiger partial charge is 0.288 e. The van der Waals surface area contributed by atoms with Gasteiger partial charge in [-0.05, 0) is 24.3 Å². The molecule has 1 aliphatic rings. The molecule has 0 unspecified atom stereocenters. The number of rotatable bonds is 3. The number of para-hydroxylation sites is 2. The Kier molecular flexibility index (Phi) is 4.89. The van der Waals surface area contributed by atoms with E-state index in [4.69, 9.17) is 4.74 Å². The van der Waals surface area contributed by atoms with Crippen LogP contribution in [0.25, 0.3) is 0 Å². The number of hydrogen-bond donors (Lipinski definition) is 2. The van der Waals surface area contributed by atoms with E-state index < -0.39 is 11.8 Å². The first kappa shape index (κ1) is 16.4. The normalized spacial score (nSPS) is 13.3. The van der Waals surface area contributed by atoms with Gasteiger partial charge in [0.25, 0.3) is 11.8 Å². The van der Waals surface area contributed by atoms with Crippen LogP contribution < -0.4 is 20.5 Å². The number of fused-ring (bicyclic) bond motifs is 1. The number of carbonyl (C=O) groups is 3. The van der Waals surface area contributed by atoms with Crippen LogP contribution in [0.1, 0.15) is 16.9 Å². The molecular weight excluding hydrogens is 324 g/mol. The summed E-state index contributed by atoms with van der Waals surface area (Å²) in [5.41, 5.74) is 5.26. The van der Waals surface area contributed by atoms with Gasteiger partial charge in [0, 0.05) is 6.20 Å². The number of anilines is 1. The summed E-state index contributed by atoms with van der Waals surface area (Å²) in [4.78, 5) is 41.5. The number of nitrogens with one attached hydrogen (secondary N) is 2. The number of pyridine rings is 1. The van der Waals surface area contributed by atoms with Gasteiger partial charge >= 0.3 is 0 Å². The zero-order valence-corrected chi connectivity index (χ0v) is 13.3. The molecule has 1 aromatic heterocycles. The van der Waals surface area contributed by atoms with Crippen LogP contribution in [0, 0.1) is 0 Å². The summed E-state index contributed by atoms with van der Waals surface area (Å²) in [6, 6.07) is 11.9. The largest absolute Gasteiger partial charge is 0.491 e. The Balaban J connectivity index is 1.64. The highest BCUT2D eigenvalue weighted by Gasteiger charge is 2.25. The number of ether oxygens (including phenoxy) is 1. The third kappa shape index (κ3) is 3.92. The quantitative estimate of drug-likeness (QED) is 0.800. The first-order chi connectivity index (χ1) is 12.1. The van der Waals surface area contributed by atoms with E-state index in [1.54, 1.807) is 36.4 Å². The van der Waals surface area contributed by atoms with Crippen molar-refractivity contribution < 1.29 is 19.1 Å². The molecule has 0 fully saturated rings. The second kappa shape index (κ2) is 7.43. The van der Waals surface area contributed by atoms with E-state index in [1.807, 2.05) is 0 Å². The highest BCUT2D eigenvalue weighted by atomic mass is 16.5. The Bertz CT molecular complexity index is 794. The van der Waals surface area contributed by atoms with Gasteiger partial charge in [0.15, 0.2) is 0 Å². The summed E-state index contributed by atoms with van der Waals surface area (Å²) in [5, 5.41) is 0. The Hall–Kier alpha value is -3.42. The minimum Gasteiger partial charge on any atom is -0.491 e. The average molecular weight is 340 g/mol. The van der Waals surface area contributed by atoms with Gasteiger partial charge in [0.05, 0.1) is 18.7 Å². The van der Waals surface area contributed by atoms with Crippen molar-refractivity contribution in [1.29, 1.82) is 0 Å². The maximum atomic E-state index is 12.2. The van der Waals surface area contributed by atoms with E-state index in [9.17, 15) is 14.4 Å². The third-order valence-electron chi connectivity index (χ3n) is 3.55. The molecule has 2 aromatic rings. The van der Waals surface area contributed by atoms with E-state index in [0.29, 0.717) is 11.4 Å². The van der Waals surface area contributed by atoms with E-state index in [-0.39, 0.29) is 31.2 Å². The first-order valence-corrected chi connectivity index (χ1v) is 7.67. The summed E-state index contributed by atoms with van der Waals surface area (Å²) < 4.78 is 5.51. The van der Waals surface area contributed by atoms with E-state index in [1.165, 1.54) is 17.2 Å². The van der Waals surface area contributed by atoms with Gasteiger partial charge in [0.1, 0.15) is 18.0 Å². The van der Waals surface area contributed by atoms with Crippen molar-refractivity contribution >= 4 is 23.4 Å². The molecule has 0 aliphatic carbocycles. The fraction of sp³-hybridized carbons (Fsp3) is 0.176. The highest BCUT2D eigenvalue weighted by Crippen LogP contribution is 2.30. The molecule has 0 bridgehead atoms. The minimum absolute atomic E-state index is 0.169. The second-order valence-corrected chi connectivity index (χ2v) is 5.26. The number of nitrogens with zero attached hydrogens (tertiary/aromatic N) is 2. The Morgan fingerprint density at radius 3 is 2.72 bits per heavy atom. The predicted octanol–water partition coefficient (Wildman–Crippen LogP) is 0.658. The summed E-state index contributed by atoms with van der Waals surface area (Å²) in [7, 11) is 0. The summed E-state index contributed by atoms with van der Waals surface area (Å²) in [5.74, 6) is -0.760. The summed E-state index contributed by atoms with van der Waals surface area (Å²) >= 11 is 0. The van der Waals surface area contributed by atoms with Crippen molar-refractivity contribution in [3.63, 3.8) is 0 Å². The Morgan fingerprint density at radius 2 is 1.92 bits per heavy atom. The molecular formula is C17H16N4O4. The van der Waals surface area contributed by atoms with Gasteiger partial charge in [-0.15, -0.1) is 0 Å². The van der Waals surface area contributed by atoms with Gasteiger partial charge in [-0.3, -0.25) is 35.1 Å². The molecule has 8 heteroatoms. The molecule has 1 aromatic carbocycles. The molecule has 2 N–H and O–H groups in total. The SMILES string of the molecule is O=C(CN1C(=O)CCOc2ccccc21)NNC(=O)c1ccccn1. The molecule has 3 rings (SSSR count). The van der Waals surface area contributed by atoms with Crippen molar-refractivity contribution in [3.8, 4) is 5.75 Å². The van der Waals surface area contributed by atoms with Gasteiger partial charge < -0.3 is 4.74 Å². The first-order valence-electron chi connectivity index (χ1n) is 7.67. The minimum atomic E-state index is -0.542. The van der Waals surface area contributed by atoms with E-state index in [0.717, 1.165) is 0 Å². The van der Waals surface area contributed by atoms with Crippen LogP contribution in [-0.2, 0) is 9.59 Å². The maximum Gasteiger partial charge on any atom is 0.288 e. The monoisotopic (exact) mass is 340 g/mol. The summed E-state index contributed by atoms with van der Waals surface area (Å²) in [6.45, 7) is 0.0199. The molecule has 2 heterocycles. The van der Waals surface area contributed by atoms with Gasteiger partial charge in [-0.25, -0.2) is 0 Å². The number of amides is 3. The number of hydrogen-bond acceptors (Lipinski definition) is 5. The van der Waals surface area contributed by atoms with Gasteiger partial charge in [0.2, 0.25) is 5.91 Å². The number of carbonyl (C=O) groups excluding carboxylic acids is 3. The lowest BCUT2D eigenvalue weighted by Crippen LogP contribution is -2.47.